The Kier molecular flexibility index (Phi) is 8.10. The Labute approximate surface area is 251 Å². The molecule has 2 heterocycles. The molecule has 4 aliphatic carbocycles. The second kappa shape index (κ2) is 11.0. The van der Waals surface area contributed by atoms with Crippen LogP contribution in [0.3, 0.4) is 0 Å². The number of hydrogen-bond donors (Lipinski definition) is 7. The van der Waals surface area contributed by atoms with Gasteiger partial charge in [0.2, 0.25) is 6.29 Å². The molecule has 43 heavy (non-hydrogen) atoms. The Morgan fingerprint density at radius 1 is 1.02 bits per heavy atom. The van der Waals surface area contributed by atoms with Gasteiger partial charge in [0.25, 0.3) is 0 Å². The molecule has 0 aromatic rings. The molecule has 0 radical (unpaired) electrons. The molecule has 7 N–H and O–H groups in total. The summed E-state index contributed by atoms with van der Waals surface area (Å²) < 4.78 is 22.3. The van der Waals surface area contributed by atoms with E-state index in [0.717, 1.165) is 44.1 Å². The average molecular weight is 613 g/mol. The third-order valence-corrected chi connectivity index (χ3v) is 12.5. The van der Waals surface area contributed by atoms with Gasteiger partial charge in [0.05, 0.1) is 31.3 Å². The molecule has 2 saturated heterocycles. The predicted octanol–water partition coefficient (Wildman–Crippen LogP) is -0.266. The van der Waals surface area contributed by atoms with Gasteiger partial charge < -0.3 is 54.7 Å². The van der Waals surface area contributed by atoms with Crippen molar-refractivity contribution in [2.45, 2.75) is 120 Å². The minimum atomic E-state index is -1.91. The zero-order chi connectivity index (χ0) is 31.1. The van der Waals surface area contributed by atoms with Crippen LogP contribution in [0.2, 0.25) is 0 Å². The minimum absolute atomic E-state index is 0.0175. The normalized spacial score (nSPS) is 54.6. The van der Waals surface area contributed by atoms with Gasteiger partial charge in [-0.2, -0.15) is 0 Å². The standard InChI is InChI=1S/C31H48O12/c1-15-10-30-8-5-19-28(2,20(30)9-17(33)16(15)11-30)6-4-7-29(19,3)27(38)43-25-23(36)22(35)21(34)18(42-25)12-40-26-24(37)31(39,13-32)14-41-26/h16-26,32-37,39H,1,4-14H2,2-3H3/t16-,17-,18-,19+,20+,21-,22+,23-,24+,25+,26-,28-,29-,30-,31-/m1/s1. The number of fused-ring (bicyclic) bond motifs is 3. The van der Waals surface area contributed by atoms with Crippen LogP contribution in [0.4, 0.5) is 0 Å². The Bertz CT molecular complexity index is 1100. The maximum Gasteiger partial charge on any atom is 0.314 e. The molecule has 0 amide bonds. The molecule has 15 atom stereocenters. The number of hydrogen-bond acceptors (Lipinski definition) is 12. The lowest BCUT2D eigenvalue weighted by Gasteiger charge is -2.64. The van der Waals surface area contributed by atoms with Crippen LogP contribution >= 0.6 is 0 Å². The molecule has 0 unspecified atom stereocenters. The number of aliphatic hydroxyl groups excluding tert-OH is 6. The molecular weight excluding hydrogens is 564 g/mol. The summed E-state index contributed by atoms with van der Waals surface area (Å²) in [6, 6.07) is 0. The molecule has 4 saturated carbocycles. The second-order valence-electron chi connectivity index (χ2n) is 14.9. The Hall–Kier alpha value is -1.19. The molecule has 0 aromatic carbocycles. The predicted molar refractivity (Wildman–Crippen MR) is 148 cm³/mol. The fourth-order valence-electron chi connectivity index (χ4n) is 10.1. The molecule has 6 fully saturated rings. The maximum atomic E-state index is 14.0. The van der Waals surface area contributed by atoms with Gasteiger partial charge in [0.15, 0.2) is 6.29 Å². The van der Waals surface area contributed by atoms with Crippen LogP contribution in [-0.4, -0.2) is 116 Å². The van der Waals surface area contributed by atoms with Crippen LogP contribution in [0.5, 0.6) is 0 Å². The molecule has 12 nitrogen and oxygen atoms in total. The molecular formula is C31H48O12. The van der Waals surface area contributed by atoms with Gasteiger partial charge in [-0.25, -0.2) is 0 Å². The highest BCUT2D eigenvalue weighted by Gasteiger charge is 2.67. The average Bonchev–Trinajstić information content (AvgIpc) is 3.42. The molecule has 12 heteroatoms. The topological polar surface area (TPSA) is 196 Å². The van der Waals surface area contributed by atoms with E-state index in [1.807, 2.05) is 6.92 Å². The zero-order valence-corrected chi connectivity index (χ0v) is 25.0. The van der Waals surface area contributed by atoms with Crippen LogP contribution in [0.25, 0.3) is 0 Å². The first-order chi connectivity index (χ1) is 20.2. The molecule has 0 aromatic heterocycles. The molecule has 6 rings (SSSR count). The highest BCUT2D eigenvalue weighted by Crippen LogP contribution is 2.72. The zero-order valence-electron chi connectivity index (χ0n) is 25.0. The Morgan fingerprint density at radius 2 is 1.77 bits per heavy atom. The highest BCUT2D eigenvalue weighted by molar-refractivity contribution is 5.77. The van der Waals surface area contributed by atoms with Crippen molar-refractivity contribution in [1.29, 1.82) is 0 Å². The lowest BCUT2D eigenvalue weighted by molar-refractivity contribution is -0.306. The number of rotatable bonds is 6. The number of aliphatic hydroxyl groups is 7. The molecule has 6 aliphatic rings. The van der Waals surface area contributed by atoms with Crippen LogP contribution in [0.1, 0.15) is 65.2 Å². The van der Waals surface area contributed by atoms with Crippen molar-refractivity contribution in [2.75, 3.05) is 19.8 Å². The minimum Gasteiger partial charge on any atom is -0.432 e. The van der Waals surface area contributed by atoms with Crippen LogP contribution in [0, 0.1) is 34.0 Å². The van der Waals surface area contributed by atoms with E-state index < -0.39 is 79.4 Å². The van der Waals surface area contributed by atoms with E-state index >= 15 is 0 Å². The van der Waals surface area contributed by atoms with E-state index in [9.17, 15) is 40.5 Å². The quantitative estimate of drug-likeness (QED) is 0.154. The van der Waals surface area contributed by atoms with Crippen molar-refractivity contribution >= 4 is 5.97 Å². The van der Waals surface area contributed by atoms with Gasteiger partial charge in [-0.15, -0.1) is 0 Å². The van der Waals surface area contributed by atoms with Crippen molar-refractivity contribution in [1.82, 2.24) is 0 Å². The monoisotopic (exact) mass is 612 g/mol. The van der Waals surface area contributed by atoms with Gasteiger partial charge >= 0.3 is 5.97 Å². The summed E-state index contributed by atoms with van der Waals surface area (Å²) in [5, 5.41) is 72.7. The van der Waals surface area contributed by atoms with E-state index in [0.29, 0.717) is 12.8 Å². The third-order valence-electron chi connectivity index (χ3n) is 12.5. The van der Waals surface area contributed by atoms with Gasteiger partial charge in [0.1, 0.15) is 36.1 Å². The fraction of sp³-hybridized carbons (Fsp3) is 0.903. The van der Waals surface area contributed by atoms with Gasteiger partial charge in [-0.3, -0.25) is 4.79 Å². The van der Waals surface area contributed by atoms with Crippen molar-refractivity contribution in [3.8, 4) is 0 Å². The Balaban J connectivity index is 1.16. The van der Waals surface area contributed by atoms with Gasteiger partial charge in [0, 0.05) is 5.92 Å². The first kappa shape index (κ1) is 31.8. The number of carbonyl (C=O) groups excluding carboxylic acids is 1. The highest BCUT2D eigenvalue weighted by atomic mass is 16.7. The van der Waals surface area contributed by atoms with Crippen molar-refractivity contribution in [3.63, 3.8) is 0 Å². The maximum absolute atomic E-state index is 14.0. The first-order valence-electron chi connectivity index (χ1n) is 15.7. The third kappa shape index (κ3) is 4.83. The summed E-state index contributed by atoms with van der Waals surface area (Å²) in [6.45, 7) is 6.91. The molecule has 244 valence electrons. The summed E-state index contributed by atoms with van der Waals surface area (Å²) >= 11 is 0. The molecule has 2 aliphatic heterocycles. The SMILES string of the molecule is C=C1C[C@@]23CC[C@H]4[C@@](C)(CCC[C@@]4(C)C(=O)O[C@@H]4O[C@H](CO[C@@H]5OC[C@](O)(CO)[C@H]5O)[C@@H](O)[C@H](O)[C@H]4O)[C@@H]2C[C@@H](O)[C@@H]1C3. The summed E-state index contributed by atoms with van der Waals surface area (Å²) in [7, 11) is 0. The fourth-order valence-corrected chi connectivity index (χ4v) is 10.1. The van der Waals surface area contributed by atoms with Crippen molar-refractivity contribution in [3.05, 3.63) is 12.2 Å². The second-order valence-corrected chi connectivity index (χ2v) is 14.9. The Morgan fingerprint density at radius 3 is 2.47 bits per heavy atom. The number of carbonyl (C=O) groups is 1. The van der Waals surface area contributed by atoms with Gasteiger partial charge in [-0.05, 0) is 74.5 Å². The smallest absolute Gasteiger partial charge is 0.314 e. The lowest BCUT2D eigenvalue weighted by Crippen LogP contribution is -2.62. The van der Waals surface area contributed by atoms with Crippen LogP contribution in [-0.2, 0) is 23.7 Å². The van der Waals surface area contributed by atoms with Crippen molar-refractivity contribution < 1.29 is 59.5 Å². The van der Waals surface area contributed by atoms with E-state index in [4.69, 9.17) is 18.9 Å². The number of ether oxygens (including phenoxy) is 4. The van der Waals surface area contributed by atoms with Crippen molar-refractivity contribution in [2.24, 2.45) is 34.0 Å². The summed E-state index contributed by atoms with van der Waals surface area (Å²) in [5.74, 6) is -0.150. The summed E-state index contributed by atoms with van der Waals surface area (Å²) in [4.78, 5) is 14.0. The van der Waals surface area contributed by atoms with Crippen LogP contribution in [0.15, 0.2) is 12.2 Å². The largest absolute Gasteiger partial charge is 0.432 e. The molecule has 1 spiro atoms. The van der Waals surface area contributed by atoms with E-state index in [-0.39, 0.29) is 35.2 Å². The molecule has 2 bridgehead atoms. The first-order valence-corrected chi connectivity index (χ1v) is 15.7. The summed E-state index contributed by atoms with van der Waals surface area (Å²) in [6.07, 6.45) is -4.49. The lowest BCUT2D eigenvalue weighted by atomic mass is 9.41. The van der Waals surface area contributed by atoms with E-state index in [2.05, 4.69) is 13.5 Å². The summed E-state index contributed by atoms with van der Waals surface area (Å²) in [5.41, 5.74) is -1.74. The van der Waals surface area contributed by atoms with Crippen LogP contribution < -0.4 is 0 Å². The van der Waals surface area contributed by atoms with Gasteiger partial charge in [-0.1, -0.05) is 25.5 Å². The van der Waals surface area contributed by atoms with E-state index in [1.54, 1.807) is 0 Å². The van der Waals surface area contributed by atoms with E-state index in [1.165, 1.54) is 0 Å². The number of esters is 1.